The van der Waals surface area contributed by atoms with Crippen LogP contribution >= 0.6 is 0 Å². The monoisotopic (exact) mass is 272 g/mol. The standard InChI is InChI=1S/C10H20N6O3/c1-5(2)8(19)9(13)10(14,15-6(17)3-11)16-7(18)4-12/h9H,1,3-4,11-14H2,2H3,(H,15,17)(H,16,18). The van der Waals surface area contributed by atoms with Crippen molar-refractivity contribution in [3.8, 4) is 0 Å². The second kappa shape index (κ2) is 6.95. The minimum atomic E-state index is -1.98. The molecular formula is C10H20N6O3. The maximum Gasteiger partial charge on any atom is 0.236 e. The van der Waals surface area contributed by atoms with Crippen molar-refractivity contribution in [2.24, 2.45) is 22.9 Å². The molecule has 10 N–H and O–H groups in total. The van der Waals surface area contributed by atoms with Gasteiger partial charge in [-0.25, -0.2) is 0 Å². The van der Waals surface area contributed by atoms with Crippen molar-refractivity contribution in [3.05, 3.63) is 12.2 Å². The largest absolute Gasteiger partial charge is 0.322 e. The van der Waals surface area contributed by atoms with Crippen molar-refractivity contribution in [1.29, 1.82) is 0 Å². The third-order valence-corrected chi connectivity index (χ3v) is 2.26. The first-order chi connectivity index (χ1) is 8.67. The van der Waals surface area contributed by atoms with Crippen molar-refractivity contribution >= 4 is 17.6 Å². The first-order valence-electron chi connectivity index (χ1n) is 5.44. The maximum atomic E-state index is 11.8. The number of carbonyl (C=O) groups excluding carboxylic acids is 3. The molecule has 0 saturated heterocycles. The topological polar surface area (TPSA) is 179 Å². The van der Waals surface area contributed by atoms with E-state index < -0.39 is 29.4 Å². The molecule has 0 aromatic heterocycles. The molecule has 0 radical (unpaired) electrons. The Morgan fingerprint density at radius 2 is 1.53 bits per heavy atom. The molecule has 0 aliphatic heterocycles. The molecule has 9 heteroatoms. The van der Waals surface area contributed by atoms with E-state index in [-0.39, 0.29) is 18.7 Å². The van der Waals surface area contributed by atoms with Crippen LogP contribution in [0, 0.1) is 0 Å². The second-order valence-electron chi connectivity index (χ2n) is 4.00. The quantitative estimate of drug-likeness (QED) is 0.203. The van der Waals surface area contributed by atoms with Gasteiger partial charge in [0.05, 0.1) is 13.1 Å². The molecule has 0 spiro atoms. The van der Waals surface area contributed by atoms with E-state index >= 15 is 0 Å². The first-order valence-corrected chi connectivity index (χ1v) is 5.44. The van der Waals surface area contributed by atoms with Crippen LogP contribution in [0.3, 0.4) is 0 Å². The van der Waals surface area contributed by atoms with Gasteiger partial charge < -0.3 is 27.8 Å². The van der Waals surface area contributed by atoms with Gasteiger partial charge in [-0.15, -0.1) is 0 Å². The van der Waals surface area contributed by atoms with Crippen LogP contribution in [0.1, 0.15) is 6.92 Å². The molecular weight excluding hydrogens is 252 g/mol. The lowest BCUT2D eigenvalue weighted by Crippen LogP contribution is -2.77. The number of nitrogens with two attached hydrogens (primary N) is 4. The van der Waals surface area contributed by atoms with Gasteiger partial charge in [-0.2, -0.15) is 0 Å². The summed E-state index contributed by atoms with van der Waals surface area (Å²) in [7, 11) is 0. The predicted octanol–water partition coefficient (Wildman–Crippen LogP) is -3.78. The Labute approximate surface area is 110 Å². The van der Waals surface area contributed by atoms with Crippen molar-refractivity contribution in [1.82, 2.24) is 10.6 Å². The molecule has 0 aromatic carbocycles. The Kier molecular flexibility index (Phi) is 6.28. The summed E-state index contributed by atoms with van der Waals surface area (Å²) in [6.45, 7) is 4.09. The van der Waals surface area contributed by atoms with Gasteiger partial charge in [0.15, 0.2) is 11.6 Å². The fraction of sp³-hybridized carbons (Fsp3) is 0.500. The Hall–Kier alpha value is -1.81. The van der Waals surface area contributed by atoms with Crippen LogP contribution in [-0.4, -0.2) is 42.5 Å². The summed E-state index contributed by atoms with van der Waals surface area (Å²) in [6, 6.07) is -1.42. The average molecular weight is 272 g/mol. The van der Waals surface area contributed by atoms with Crippen LogP contribution < -0.4 is 33.6 Å². The summed E-state index contributed by atoms with van der Waals surface area (Å²) in [5.74, 6) is -3.98. The number of Topliss-reactive ketones (excluding diaryl/α,β-unsaturated/α-hetero) is 1. The lowest BCUT2D eigenvalue weighted by Gasteiger charge is -2.35. The molecule has 0 saturated carbocycles. The van der Waals surface area contributed by atoms with Crippen LogP contribution in [-0.2, 0) is 14.4 Å². The Morgan fingerprint density at radius 3 is 1.79 bits per heavy atom. The zero-order valence-electron chi connectivity index (χ0n) is 10.7. The molecule has 1 unspecified atom stereocenters. The number of nitrogens with one attached hydrogen (secondary N) is 2. The van der Waals surface area contributed by atoms with Crippen LogP contribution in [0.25, 0.3) is 0 Å². The van der Waals surface area contributed by atoms with Gasteiger partial charge in [-0.1, -0.05) is 6.58 Å². The van der Waals surface area contributed by atoms with E-state index in [9.17, 15) is 14.4 Å². The summed E-state index contributed by atoms with van der Waals surface area (Å²) < 4.78 is 0. The van der Waals surface area contributed by atoms with Crippen LogP contribution in [0.15, 0.2) is 12.2 Å². The van der Waals surface area contributed by atoms with E-state index in [4.69, 9.17) is 22.9 Å². The normalized spacial score (nSPS) is 12.5. The zero-order chi connectivity index (χ0) is 15.2. The molecule has 19 heavy (non-hydrogen) atoms. The average Bonchev–Trinajstić information content (AvgIpc) is 2.36. The van der Waals surface area contributed by atoms with Crippen molar-refractivity contribution in [2.45, 2.75) is 18.8 Å². The SMILES string of the molecule is C=C(C)C(=O)C(N)C(N)(NC(=O)CN)NC(=O)CN. The lowest BCUT2D eigenvalue weighted by molar-refractivity contribution is -0.128. The smallest absolute Gasteiger partial charge is 0.236 e. The first kappa shape index (κ1) is 17.2. The number of amides is 2. The summed E-state index contributed by atoms with van der Waals surface area (Å²) in [5.41, 5.74) is 21.8. The molecule has 9 nitrogen and oxygen atoms in total. The molecule has 0 bridgehead atoms. The van der Waals surface area contributed by atoms with Crippen LogP contribution in [0.2, 0.25) is 0 Å². The van der Waals surface area contributed by atoms with E-state index in [1.165, 1.54) is 6.92 Å². The molecule has 1 atom stereocenters. The molecule has 0 fully saturated rings. The zero-order valence-corrected chi connectivity index (χ0v) is 10.7. The van der Waals surface area contributed by atoms with E-state index in [2.05, 4.69) is 17.2 Å². The Balaban J connectivity index is 5.24. The maximum absolute atomic E-state index is 11.8. The Bertz CT molecular complexity index is 377. The van der Waals surface area contributed by atoms with E-state index in [0.717, 1.165) is 0 Å². The van der Waals surface area contributed by atoms with Gasteiger partial charge >= 0.3 is 0 Å². The lowest BCUT2D eigenvalue weighted by atomic mass is 10.0. The highest BCUT2D eigenvalue weighted by atomic mass is 16.2. The number of carbonyl (C=O) groups is 3. The van der Waals surface area contributed by atoms with Gasteiger partial charge in [-0.05, 0) is 12.5 Å². The molecule has 108 valence electrons. The third kappa shape index (κ3) is 4.75. The van der Waals surface area contributed by atoms with Gasteiger partial charge in [0.1, 0.15) is 6.04 Å². The van der Waals surface area contributed by atoms with Gasteiger partial charge in [0.25, 0.3) is 0 Å². The molecule has 0 aliphatic carbocycles. The fourth-order valence-corrected chi connectivity index (χ4v) is 1.22. The molecule has 0 aliphatic rings. The van der Waals surface area contributed by atoms with Crippen LogP contribution in [0.5, 0.6) is 0 Å². The van der Waals surface area contributed by atoms with E-state index in [1.807, 2.05) is 0 Å². The van der Waals surface area contributed by atoms with Gasteiger partial charge in [0.2, 0.25) is 11.8 Å². The number of rotatable bonds is 7. The van der Waals surface area contributed by atoms with Crippen molar-refractivity contribution < 1.29 is 14.4 Å². The summed E-state index contributed by atoms with van der Waals surface area (Å²) in [5, 5.41) is 4.37. The Morgan fingerprint density at radius 1 is 1.16 bits per heavy atom. The van der Waals surface area contributed by atoms with Crippen LogP contribution in [0.4, 0.5) is 0 Å². The summed E-state index contributed by atoms with van der Waals surface area (Å²) >= 11 is 0. The number of hydrogen-bond acceptors (Lipinski definition) is 7. The van der Waals surface area contributed by atoms with Crippen molar-refractivity contribution in [2.75, 3.05) is 13.1 Å². The summed E-state index contributed by atoms with van der Waals surface area (Å²) in [4.78, 5) is 34.4. The van der Waals surface area contributed by atoms with Crippen molar-refractivity contribution in [3.63, 3.8) is 0 Å². The van der Waals surface area contributed by atoms with E-state index in [0.29, 0.717) is 0 Å². The molecule has 0 rings (SSSR count). The highest BCUT2D eigenvalue weighted by molar-refractivity contribution is 6.00. The molecule has 2 amide bonds. The van der Waals surface area contributed by atoms with Gasteiger partial charge in [-0.3, -0.25) is 20.1 Å². The third-order valence-electron chi connectivity index (χ3n) is 2.26. The van der Waals surface area contributed by atoms with Gasteiger partial charge in [0, 0.05) is 0 Å². The second-order valence-corrected chi connectivity index (χ2v) is 4.00. The van der Waals surface area contributed by atoms with E-state index in [1.54, 1.807) is 0 Å². The molecule has 0 heterocycles. The highest BCUT2D eigenvalue weighted by Gasteiger charge is 2.39. The molecule has 0 aromatic rings. The summed E-state index contributed by atoms with van der Waals surface area (Å²) in [6.07, 6.45) is 0. The predicted molar refractivity (Wildman–Crippen MR) is 69.1 cm³/mol. The number of hydrogen-bond donors (Lipinski definition) is 6. The number of ketones is 1. The minimum Gasteiger partial charge on any atom is -0.322 e. The fourth-order valence-electron chi connectivity index (χ4n) is 1.22. The minimum absolute atomic E-state index is 0.131. The highest BCUT2D eigenvalue weighted by Crippen LogP contribution is 2.04.